The fourth-order valence-electron chi connectivity index (χ4n) is 1.12. The molecule has 0 atom stereocenters. The van der Waals surface area contributed by atoms with Crippen molar-refractivity contribution in [2.45, 2.75) is 25.1 Å². The second kappa shape index (κ2) is 4.02. The third-order valence-electron chi connectivity index (χ3n) is 1.97. The zero-order chi connectivity index (χ0) is 9.90. The monoisotopic (exact) mass is 197 g/mol. The molecule has 0 heterocycles. The summed E-state index contributed by atoms with van der Waals surface area (Å²) in [5, 5.41) is -0.00557. The second-order valence-electron chi connectivity index (χ2n) is 4.12. The Morgan fingerprint density at radius 2 is 1.85 bits per heavy atom. The Morgan fingerprint density at radius 3 is 2.31 bits per heavy atom. The Hall–Kier alpha value is -0.673. The molecule has 2 N–H and O–H groups in total. The first kappa shape index (κ1) is 10.4. The van der Waals surface area contributed by atoms with Gasteiger partial charge in [-0.25, -0.2) is 4.39 Å². The number of hydrogen-bond acceptors (Lipinski definition) is 1. The lowest BCUT2D eigenvalue weighted by molar-refractivity contribution is 0.627. The second-order valence-corrected chi connectivity index (χ2v) is 6.94. The highest BCUT2D eigenvalue weighted by Crippen LogP contribution is 2.05. The molecule has 0 aliphatic rings. The highest BCUT2D eigenvalue weighted by molar-refractivity contribution is 6.39. The fraction of sp³-hybridized carbons (Fsp3) is 0.400. The zero-order valence-corrected chi connectivity index (χ0v) is 9.59. The predicted octanol–water partition coefficient (Wildman–Crippen LogP) is 1.19. The topological polar surface area (TPSA) is 26.0 Å². The van der Waals surface area contributed by atoms with Crippen molar-refractivity contribution < 1.29 is 4.39 Å². The molecule has 0 fully saturated rings. The molecule has 72 valence electrons. The summed E-state index contributed by atoms with van der Waals surface area (Å²) >= 11 is 0. The summed E-state index contributed by atoms with van der Waals surface area (Å²) in [6, 6.07) is 7.74. The van der Waals surface area contributed by atoms with Gasteiger partial charge in [0.05, 0.1) is 0 Å². The molecule has 0 bridgehead atoms. The van der Waals surface area contributed by atoms with Crippen LogP contribution in [-0.2, 0) is 6.04 Å². The van der Waals surface area contributed by atoms with Crippen molar-refractivity contribution in [1.82, 2.24) is 0 Å². The molecule has 0 saturated carbocycles. The van der Waals surface area contributed by atoms with Crippen molar-refractivity contribution in [3.05, 3.63) is 35.6 Å². The van der Waals surface area contributed by atoms with Crippen LogP contribution >= 0.6 is 0 Å². The van der Waals surface area contributed by atoms with E-state index in [0.29, 0.717) is 0 Å². The van der Waals surface area contributed by atoms with Crippen LogP contribution in [0.3, 0.4) is 0 Å². The van der Waals surface area contributed by atoms with Gasteiger partial charge in [0.25, 0.3) is 0 Å². The summed E-state index contributed by atoms with van der Waals surface area (Å²) in [6.45, 7) is 4.12. The standard InChI is InChI=1S/C10H16FNSi/c1-10(2,12)13-7-8-3-5-9(11)6-4-8/h3-6H,7,12-13H2,1-2H3. The number of halogens is 1. The molecule has 1 aromatic rings. The van der Waals surface area contributed by atoms with Gasteiger partial charge in [0.15, 0.2) is 0 Å². The van der Waals surface area contributed by atoms with E-state index in [1.807, 2.05) is 12.1 Å². The van der Waals surface area contributed by atoms with Gasteiger partial charge in [-0.05, 0) is 23.3 Å². The van der Waals surface area contributed by atoms with E-state index in [4.69, 9.17) is 5.73 Å². The molecule has 0 spiro atoms. The Labute approximate surface area is 81.0 Å². The minimum atomic E-state index is -0.306. The van der Waals surface area contributed by atoms with Gasteiger partial charge in [0.2, 0.25) is 0 Å². The Bertz CT molecular complexity index is 263. The lowest BCUT2D eigenvalue weighted by atomic mass is 10.2. The molecule has 0 unspecified atom stereocenters. The van der Waals surface area contributed by atoms with Crippen LogP contribution in [0.5, 0.6) is 0 Å². The van der Waals surface area contributed by atoms with Crippen molar-refractivity contribution in [2.24, 2.45) is 5.73 Å². The van der Waals surface area contributed by atoms with Crippen molar-refractivity contribution in [1.29, 1.82) is 0 Å². The minimum Gasteiger partial charge on any atom is -0.329 e. The van der Waals surface area contributed by atoms with Crippen LogP contribution < -0.4 is 5.73 Å². The molecule has 1 rings (SSSR count). The van der Waals surface area contributed by atoms with Crippen LogP contribution in [0, 0.1) is 5.82 Å². The van der Waals surface area contributed by atoms with Gasteiger partial charge < -0.3 is 5.73 Å². The minimum absolute atomic E-state index is 0.00557. The summed E-state index contributed by atoms with van der Waals surface area (Å²) in [7, 11) is -0.306. The van der Waals surface area contributed by atoms with E-state index in [9.17, 15) is 4.39 Å². The van der Waals surface area contributed by atoms with Crippen LogP contribution in [0.1, 0.15) is 19.4 Å². The van der Waals surface area contributed by atoms with Gasteiger partial charge in [-0.1, -0.05) is 31.5 Å². The van der Waals surface area contributed by atoms with Crippen molar-refractivity contribution >= 4 is 9.52 Å². The predicted molar refractivity (Wildman–Crippen MR) is 56.9 cm³/mol. The van der Waals surface area contributed by atoms with E-state index < -0.39 is 0 Å². The molecule has 1 nitrogen and oxygen atoms in total. The lowest BCUT2D eigenvalue weighted by Gasteiger charge is -2.17. The molecule has 0 aliphatic carbocycles. The van der Waals surface area contributed by atoms with E-state index in [1.165, 1.54) is 17.7 Å². The van der Waals surface area contributed by atoms with E-state index >= 15 is 0 Å². The Morgan fingerprint density at radius 1 is 1.31 bits per heavy atom. The van der Waals surface area contributed by atoms with E-state index in [-0.39, 0.29) is 20.5 Å². The number of nitrogens with two attached hydrogens (primary N) is 1. The third kappa shape index (κ3) is 4.19. The van der Waals surface area contributed by atoms with Crippen molar-refractivity contribution in [3.63, 3.8) is 0 Å². The maximum Gasteiger partial charge on any atom is 0.123 e. The molecule has 1 aromatic carbocycles. The smallest absolute Gasteiger partial charge is 0.123 e. The van der Waals surface area contributed by atoms with Gasteiger partial charge in [0.1, 0.15) is 5.82 Å². The third-order valence-corrected chi connectivity index (χ3v) is 4.09. The summed E-state index contributed by atoms with van der Waals surface area (Å²) < 4.78 is 12.5. The molecular formula is C10H16FNSi. The number of benzene rings is 1. The molecule has 0 radical (unpaired) electrons. The van der Waals surface area contributed by atoms with Crippen LogP contribution in [0.4, 0.5) is 4.39 Å². The fourth-order valence-corrected chi connectivity index (χ4v) is 2.38. The normalized spacial score (nSPS) is 12.6. The van der Waals surface area contributed by atoms with Gasteiger partial charge in [-0.2, -0.15) is 0 Å². The van der Waals surface area contributed by atoms with Gasteiger partial charge in [-0.15, -0.1) is 0 Å². The first-order valence-electron chi connectivity index (χ1n) is 4.51. The van der Waals surface area contributed by atoms with Gasteiger partial charge >= 0.3 is 0 Å². The maximum atomic E-state index is 12.5. The first-order valence-corrected chi connectivity index (χ1v) is 6.21. The molecule has 0 amide bonds. The summed E-state index contributed by atoms with van der Waals surface area (Å²) in [4.78, 5) is 0. The largest absolute Gasteiger partial charge is 0.329 e. The van der Waals surface area contributed by atoms with Crippen molar-refractivity contribution in [3.8, 4) is 0 Å². The summed E-state index contributed by atoms with van der Waals surface area (Å²) in [6.07, 6.45) is 0. The average molecular weight is 197 g/mol. The lowest BCUT2D eigenvalue weighted by Crippen LogP contribution is -2.40. The highest BCUT2D eigenvalue weighted by atomic mass is 28.2. The van der Waals surface area contributed by atoms with Crippen LogP contribution in [0.15, 0.2) is 24.3 Å². The maximum absolute atomic E-state index is 12.5. The quantitative estimate of drug-likeness (QED) is 0.724. The molecule has 0 aliphatic heterocycles. The SMILES string of the molecule is CC(C)(N)[SiH2]Cc1ccc(F)cc1. The van der Waals surface area contributed by atoms with Crippen LogP contribution in [-0.4, -0.2) is 14.7 Å². The highest BCUT2D eigenvalue weighted by Gasteiger charge is 2.10. The zero-order valence-electron chi connectivity index (χ0n) is 8.18. The summed E-state index contributed by atoms with van der Waals surface area (Å²) in [5.74, 6) is -0.169. The van der Waals surface area contributed by atoms with Crippen LogP contribution in [0.2, 0.25) is 0 Å². The van der Waals surface area contributed by atoms with Gasteiger partial charge in [0, 0.05) is 9.52 Å². The molecule has 3 heteroatoms. The summed E-state index contributed by atoms with van der Waals surface area (Å²) in [5.41, 5.74) is 7.10. The van der Waals surface area contributed by atoms with Crippen LogP contribution in [0.25, 0.3) is 0 Å². The molecule has 0 saturated heterocycles. The Balaban J connectivity index is 2.51. The van der Waals surface area contributed by atoms with Crippen molar-refractivity contribution in [2.75, 3.05) is 0 Å². The van der Waals surface area contributed by atoms with E-state index in [2.05, 4.69) is 13.8 Å². The molecule has 0 aromatic heterocycles. The number of hydrogen-bond donors (Lipinski definition) is 1. The van der Waals surface area contributed by atoms with E-state index in [0.717, 1.165) is 6.04 Å². The van der Waals surface area contributed by atoms with Gasteiger partial charge in [-0.3, -0.25) is 0 Å². The Kier molecular flexibility index (Phi) is 3.22. The molecule has 13 heavy (non-hydrogen) atoms. The van der Waals surface area contributed by atoms with E-state index in [1.54, 1.807) is 0 Å². The first-order chi connectivity index (χ1) is 5.97. The molecular weight excluding hydrogens is 181 g/mol. The average Bonchev–Trinajstić information content (AvgIpc) is 2.02. The number of rotatable bonds is 3.